The fourth-order valence-electron chi connectivity index (χ4n) is 1.65. The van der Waals surface area contributed by atoms with Gasteiger partial charge in [0.05, 0.1) is 0 Å². The minimum atomic E-state index is -0.119. The minimum absolute atomic E-state index is 0.119. The van der Waals surface area contributed by atoms with Gasteiger partial charge in [-0.25, -0.2) is 0 Å². The molecule has 0 atom stereocenters. The van der Waals surface area contributed by atoms with Crippen LogP contribution in [0.25, 0.3) is 0 Å². The number of carbonyl (C=O) groups excluding carboxylic acids is 1. The van der Waals surface area contributed by atoms with Gasteiger partial charge in [0.2, 0.25) is 0 Å². The first-order valence-electron chi connectivity index (χ1n) is 5.85. The molecule has 1 N–H and O–H groups in total. The zero-order chi connectivity index (χ0) is 13.8. The van der Waals surface area contributed by atoms with Crippen LogP contribution in [0.4, 0.5) is 0 Å². The zero-order valence-corrected chi connectivity index (χ0v) is 11.9. The Labute approximate surface area is 122 Å². The SMILES string of the molecule is Cc1ccc(C(=O)NCc2ccc(Cl)cc2Cl)cc1. The first-order valence-corrected chi connectivity index (χ1v) is 6.60. The second-order valence-electron chi connectivity index (χ2n) is 4.28. The highest BCUT2D eigenvalue weighted by Crippen LogP contribution is 2.20. The van der Waals surface area contributed by atoms with E-state index in [0.717, 1.165) is 11.1 Å². The predicted molar refractivity (Wildman–Crippen MR) is 78.8 cm³/mol. The first-order chi connectivity index (χ1) is 9.06. The molecule has 0 radical (unpaired) electrons. The smallest absolute Gasteiger partial charge is 0.251 e. The Morgan fingerprint density at radius 2 is 1.79 bits per heavy atom. The van der Waals surface area contributed by atoms with E-state index in [2.05, 4.69) is 5.32 Å². The van der Waals surface area contributed by atoms with Crippen molar-refractivity contribution in [2.45, 2.75) is 13.5 Å². The maximum absolute atomic E-state index is 11.9. The number of hydrogen-bond acceptors (Lipinski definition) is 1. The van der Waals surface area contributed by atoms with E-state index < -0.39 is 0 Å². The third kappa shape index (κ3) is 3.72. The van der Waals surface area contributed by atoms with Crippen molar-refractivity contribution in [2.75, 3.05) is 0 Å². The quantitative estimate of drug-likeness (QED) is 0.901. The Morgan fingerprint density at radius 1 is 1.11 bits per heavy atom. The van der Waals surface area contributed by atoms with Crippen molar-refractivity contribution in [3.05, 3.63) is 69.2 Å². The Bertz CT molecular complexity index is 594. The predicted octanol–water partition coefficient (Wildman–Crippen LogP) is 4.23. The topological polar surface area (TPSA) is 29.1 Å². The van der Waals surface area contributed by atoms with Gasteiger partial charge in [-0.15, -0.1) is 0 Å². The molecular formula is C15H13Cl2NO. The standard InChI is InChI=1S/C15H13Cl2NO/c1-10-2-4-11(5-3-10)15(19)18-9-12-6-7-13(16)8-14(12)17/h2-8H,9H2,1H3,(H,18,19). The minimum Gasteiger partial charge on any atom is -0.348 e. The van der Waals surface area contributed by atoms with Crippen LogP contribution in [0.2, 0.25) is 10.0 Å². The van der Waals surface area contributed by atoms with Crippen LogP contribution >= 0.6 is 23.2 Å². The summed E-state index contributed by atoms with van der Waals surface area (Å²) >= 11 is 11.9. The maximum atomic E-state index is 11.9. The van der Waals surface area contributed by atoms with Crippen molar-refractivity contribution < 1.29 is 4.79 Å². The summed E-state index contributed by atoms with van der Waals surface area (Å²) in [4.78, 5) is 11.9. The van der Waals surface area contributed by atoms with Crippen LogP contribution in [-0.4, -0.2) is 5.91 Å². The highest BCUT2D eigenvalue weighted by atomic mass is 35.5. The van der Waals surface area contributed by atoms with Gasteiger partial charge in [0.15, 0.2) is 0 Å². The van der Waals surface area contributed by atoms with E-state index in [1.54, 1.807) is 30.3 Å². The third-order valence-electron chi connectivity index (χ3n) is 2.77. The lowest BCUT2D eigenvalue weighted by molar-refractivity contribution is 0.0951. The lowest BCUT2D eigenvalue weighted by atomic mass is 10.1. The number of amides is 1. The van der Waals surface area contributed by atoms with Gasteiger partial charge < -0.3 is 5.32 Å². The lowest BCUT2D eigenvalue weighted by Gasteiger charge is -2.07. The van der Waals surface area contributed by atoms with Crippen LogP contribution in [0.3, 0.4) is 0 Å². The highest BCUT2D eigenvalue weighted by Gasteiger charge is 2.06. The van der Waals surface area contributed by atoms with Crippen molar-refractivity contribution in [1.29, 1.82) is 0 Å². The Hall–Kier alpha value is -1.51. The molecule has 0 spiro atoms. The molecule has 0 aromatic heterocycles. The van der Waals surface area contributed by atoms with Crippen LogP contribution in [-0.2, 0) is 6.54 Å². The number of aryl methyl sites for hydroxylation is 1. The van der Waals surface area contributed by atoms with E-state index in [0.29, 0.717) is 22.2 Å². The summed E-state index contributed by atoms with van der Waals surface area (Å²) in [5.41, 5.74) is 2.60. The summed E-state index contributed by atoms with van der Waals surface area (Å²) in [6, 6.07) is 12.6. The van der Waals surface area contributed by atoms with E-state index in [1.165, 1.54) is 0 Å². The third-order valence-corrected chi connectivity index (χ3v) is 3.36. The van der Waals surface area contributed by atoms with Crippen molar-refractivity contribution in [2.24, 2.45) is 0 Å². The Morgan fingerprint density at radius 3 is 2.42 bits per heavy atom. The summed E-state index contributed by atoms with van der Waals surface area (Å²) < 4.78 is 0. The number of carbonyl (C=O) groups is 1. The molecule has 2 aromatic carbocycles. The van der Waals surface area contributed by atoms with E-state index in [1.807, 2.05) is 19.1 Å². The Kier molecular flexibility index (Phi) is 4.46. The lowest BCUT2D eigenvalue weighted by Crippen LogP contribution is -2.22. The van der Waals surface area contributed by atoms with Gasteiger partial charge in [-0.2, -0.15) is 0 Å². The Balaban J connectivity index is 2.02. The second kappa shape index (κ2) is 6.09. The van der Waals surface area contributed by atoms with Crippen LogP contribution in [0.15, 0.2) is 42.5 Å². The van der Waals surface area contributed by atoms with Crippen LogP contribution < -0.4 is 5.32 Å². The number of rotatable bonds is 3. The molecule has 0 bridgehead atoms. The molecule has 0 saturated carbocycles. The molecule has 1 amide bonds. The molecule has 4 heteroatoms. The fraction of sp³-hybridized carbons (Fsp3) is 0.133. The molecular weight excluding hydrogens is 281 g/mol. The summed E-state index contributed by atoms with van der Waals surface area (Å²) in [6.45, 7) is 2.36. The van der Waals surface area contributed by atoms with Crippen LogP contribution in [0, 0.1) is 6.92 Å². The number of hydrogen-bond donors (Lipinski definition) is 1. The summed E-state index contributed by atoms with van der Waals surface area (Å²) in [5, 5.41) is 3.96. The average molecular weight is 294 g/mol. The van der Waals surface area contributed by atoms with Gasteiger partial charge in [0.1, 0.15) is 0 Å². The van der Waals surface area contributed by atoms with Gasteiger partial charge in [0.25, 0.3) is 5.91 Å². The van der Waals surface area contributed by atoms with Crippen molar-refractivity contribution >= 4 is 29.1 Å². The van der Waals surface area contributed by atoms with Gasteiger partial charge in [-0.05, 0) is 36.8 Å². The molecule has 0 fully saturated rings. The molecule has 2 nitrogen and oxygen atoms in total. The van der Waals surface area contributed by atoms with Crippen LogP contribution in [0.5, 0.6) is 0 Å². The molecule has 0 unspecified atom stereocenters. The number of halogens is 2. The van der Waals surface area contributed by atoms with E-state index >= 15 is 0 Å². The van der Waals surface area contributed by atoms with Crippen molar-refractivity contribution in [1.82, 2.24) is 5.32 Å². The second-order valence-corrected chi connectivity index (χ2v) is 5.13. The molecule has 19 heavy (non-hydrogen) atoms. The fourth-order valence-corrected chi connectivity index (χ4v) is 2.12. The van der Waals surface area contributed by atoms with Crippen molar-refractivity contribution in [3.63, 3.8) is 0 Å². The summed E-state index contributed by atoms with van der Waals surface area (Å²) in [7, 11) is 0. The molecule has 0 aliphatic carbocycles. The average Bonchev–Trinajstić information content (AvgIpc) is 2.38. The molecule has 0 saturated heterocycles. The van der Waals surface area contributed by atoms with Gasteiger partial charge in [-0.3, -0.25) is 4.79 Å². The van der Waals surface area contributed by atoms with Gasteiger partial charge in [-0.1, -0.05) is 47.0 Å². The largest absolute Gasteiger partial charge is 0.348 e. The monoisotopic (exact) mass is 293 g/mol. The molecule has 98 valence electrons. The zero-order valence-electron chi connectivity index (χ0n) is 10.4. The number of benzene rings is 2. The normalized spacial score (nSPS) is 10.3. The van der Waals surface area contributed by atoms with Crippen LogP contribution in [0.1, 0.15) is 21.5 Å². The first kappa shape index (κ1) is 13.9. The van der Waals surface area contributed by atoms with Gasteiger partial charge in [0, 0.05) is 22.2 Å². The molecule has 2 aromatic rings. The van der Waals surface area contributed by atoms with E-state index in [-0.39, 0.29) is 5.91 Å². The summed E-state index contributed by atoms with van der Waals surface area (Å²) in [6.07, 6.45) is 0. The molecule has 2 rings (SSSR count). The highest BCUT2D eigenvalue weighted by molar-refractivity contribution is 6.35. The molecule has 0 aliphatic rings. The summed E-state index contributed by atoms with van der Waals surface area (Å²) in [5.74, 6) is -0.119. The molecule has 0 heterocycles. The van der Waals surface area contributed by atoms with Crippen molar-refractivity contribution in [3.8, 4) is 0 Å². The van der Waals surface area contributed by atoms with Gasteiger partial charge >= 0.3 is 0 Å². The molecule has 0 aliphatic heterocycles. The van der Waals surface area contributed by atoms with E-state index in [4.69, 9.17) is 23.2 Å². The van der Waals surface area contributed by atoms with E-state index in [9.17, 15) is 4.79 Å². The number of nitrogens with one attached hydrogen (secondary N) is 1. The maximum Gasteiger partial charge on any atom is 0.251 e.